The number of thiol groups is 1. The number of aliphatic carboxylic acids is 1. The van der Waals surface area contributed by atoms with E-state index in [2.05, 4.69) is 28.6 Å². The maximum atomic E-state index is 12.5. The number of carboxylic acid groups (broad SMARTS) is 1. The molecular weight excluding hydrogens is 418 g/mol. The molecule has 0 saturated carbocycles. The zero-order valence-electron chi connectivity index (χ0n) is 17.1. The minimum absolute atomic E-state index is 0.0104. The maximum Gasteiger partial charge on any atom is 0.326 e. The first kappa shape index (κ1) is 27.6. The van der Waals surface area contributed by atoms with Crippen LogP contribution in [0.15, 0.2) is 0 Å². The van der Waals surface area contributed by atoms with Gasteiger partial charge in [0.1, 0.15) is 24.2 Å². The van der Waals surface area contributed by atoms with E-state index in [0.717, 1.165) is 0 Å². The number of carboxylic acids is 1. The van der Waals surface area contributed by atoms with Gasteiger partial charge in [-0.1, -0.05) is 13.8 Å². The molecule has 0 rings (SSSR count). The number of rotatable bonds is 13. The average Bonchev–Trinajstić information content (AvgIpc) is 2.62. The van der Waals surface area contributed by atoms with Gasteiger partial charge >= 0.3 is 5.97 Å². The quantitative estimate of drug-likeness (QED) is 0.136. The van der Waals surface area contributed by atoms with Crippen LogP contribution in [-0.4, -0.2) is 75.8 Å². The van der Waals surface area contributed by atoms with Crippen molar-refractivity contribution >= 4 is 42.2 Å². The van der Waals surface area contributed by atoms with Gasteiger partial charge in [0.05, 0.1) is 12.5 Å². The molecule has 9 N–H and O–H groups in total. The van der Waals surface area contributed by atoms with Crippen molar-refractivity contribution < 1.29 is 34.2 Å². The predicted molar refractivity (Wildman–Crippen MR) is 110 cm³/mol. The molecular formula is C17H31N5O7S. The largest absolute Gasteiger partial charge is 0.480 e. The summed E-state index contributed by atoms with van der Waals surface area (Å²) < 4.78 is 0. The van der Waals surface area contributed by atoms with Crippen LogP contribution in [0, 0.1) is 5.92 Å². The van der Waals surface area contributed by atoms with Gasteiger partial charge in [-0.25, -0.2) is 4.79 Å². The standard InChI is InChI=1S/C17H31N5O7S/c1-7(2)4-10(17(28)29)21-15(26)11(6-30)22-14(25)9(5-12(18)24)20-16(27)13(19)8(3)23/h7-11,13,23,30H,4-6,19H2,1-3H3,(H2,18,24)(H,20,27)(H,21,26)(H,22,25)(H,28,29). The van der Waals surface area contributed by atoms with Crippen LogP contribution in [0.5, 0.6) is 0 Å². The first-order valence-corrected chi connectivity index (χ1v) is 9.90. The van der Waals surface area contributed by atoms with E-state index in [1.165, 1.54) is 6.92 Å². The highest BCUT2D eigenvalue weighted by molar-refractivity contribution is 7.80. The molecule has 0 aliphatic rings. The van der Waals surface area contributed by atoms with E-state index in [-0.39, 0.29) is 18.1 Å². The minimum Gasteiger partial charge on any atom is -0.480 e. The Kier molecular flexibility index (Phi) is 12.0. The first-order chi connectivity index (χ1) is 13.8. The second-order valence-corrected chi connectivity index (χ2v) is 7.64. The lowest BCUT2D eigenvalue weighted by molar-refractivity contribution is -0.142. The van der Waals surface area contributed by atoms with Crippen LogP contribution in [0.2, 0.25) is 0 Å². The number of carbonyl (C=O) groups excluding carboxylic acids is 4. The lowest BCUT2D eigenvalue weighted by Gasteiger charge is -2.24. The fourth-order valence-corrected chi connectivity index (χ4v) is 2.59. The summed E-state index contributed by atoms with van der Waals surface area (Å²) in [6.45, 7) is 4.84. The molecule has 5 atom stereocenters. The topological polar surface area (TPSA) is 214 Å². The van der Waals surface area contributed by atoms with Crippen molar-refractivity contribution in [3.05, 3.63) is 0 Å². The average molecular weight is 450 g/mol. The van der Waals surface area contributed by atoms with Crippen LogP contribution in [-0.2, 0) is 24.0 Å². The smallest absolute Gasteiger partial charge is 0.326 e. The number of amides is 4. The number of nitrogens with one attached hydrogen (secondary N) is 3. The summed E-state index contributed by atoms with van der Waals surface area (Å²) in [5, 5.41) is 25.4. The zero-order chi connectivity index (χ0) is 23.6. The maximum absolute atomic E-state index is 12.5. The molecule has 13 heteroatoms. The molecule has 4 amide bonds. The van der Waals surface area contributed by atoms with E-state index < -0.39 is 66.3 Å². The molecule has 0 saturated heterocycles. The van der Waals surface area contributed by atoms with Gasteiger partial charge < -0.3 is 37.6 Å². The number of aliphatic hydroxyl groups is 1. The first-order valence-electron chi connectivity index (χ1n) is 9.26. The van der Waals surface area contributed by atoms with Gasteiger partial charge in [-0.2, -0.15) is 12.6 Å². The van der Waals surface area contributed by atoms with E-state index in [9.17, 15) is 34.2 Å². The highest BCUT2D eigenvalue weighted by Gasteiger charge is 2.31. The SMILES string of the molecule is CC(C)CC(NC(=O)C(CS)NC(=O)C(CC(N)=O)NC(=O)C(N)C(C)O)C(=O)O. The van der Waals surface area contributed by atoms with Crippen molar-refractivity contribution in [3.8, 4) is 0 Å². The van der Waals surface area contributed by atoms with Crippen molar-refractivity contribution in [3.63, 3.8) is 0 Å². The van der Waals surface area contributed by atoms with Crippen LogP contribution >= 0.6 is 12.6 Å². The lowest BCUT2D eigenvalue weighted by Crippen LogP contribution is -2.59. The number of carbonyl (C=O) groups is 5. The summed E-state index contributed by atoms with van der Waals surface area (Å²) in [6.07, 6.45) is -1.63. The van der Waals surface area contributed by atoms with Crippen molar-refractivity contribution in [1.29, 1.82) is 0 Å². The molecule has 0 radical (unpaired) electrons. The summed E-state index contributed by atoms with van der Waals surface area (Å²) in [4.78, 5) is 59.5. The fourth-order valence-electron chi connectivity index (χ4n) is 2.33. The molecule has 0 heterocycles. The molecule has 0 aliphatic heterocycles. The number of primary amides is 1. The molecule has 5 unspecified atom stereocenters. The molecule has 0 aliphatic carbocycles. The van der Waals surface area contributed by atoms with Gasteiger partial charge in [0.15, 0.2) is 0 Å². The van der Waals surface area contributed by atoms with E-state index >= 15 is 0 Å². The molecule has 0 fully saturated rings. The van der Waals surface area contributed by atoms with Crippen molar-refractivity contribution in [2.24, 2.45) is 17.4 Å². The third-order valence-electron chi connectivity index (χ3n) is 4.00. The fraction of sp³-hybridized carbons (Fsp3) is 0.706. The Morgan fingerprint density at radius 1 is 0.900 bits per heavy atom. The van der Waals surface area contributed by atoms with Crippen LogP contribution in [0.25, 0.3) is 0 Å². The summed E-state index contributed by atoms with van der Waals surface area (Å²) in [5.41, 5.74) is 10.6. The normalized spacial score (nSPS) is 16.0. The summed E-state index contributed by atoms with van der Waals surface area (Å²) in [6, 6.07) is -5.22. The molecule has 0 aromatic rings. The Bertz CT molecular complexity index is 644. The molecule has 30 heavy (non-hydrogen) atoms. The molecule has 0 aromatic carbocycles. The molecule has 0 aromatic heterocycles. The third kappa shape index (κ3) is 9.89. The Balaban J connectivity index is 5.27. The Morgan fingerprint density at radius 3 is 1.77 bits per heavy atom. The monoisotopic (exact) mass is 449 g/mol. The molecule has 172 valence electrons. The third-order valence-corrected chi connectivity index (χ3v) is 4.36. The van der Waals surface area contributed by atoms with E-state index in [1.807, 2.05) is 0 Å². The highest BCUT2D eigenvalue weighted by Crippen LogP contribution is 2.06. The van der Waals surface area contributed by atoms with Gasteiger partial charge in [0.25, 0.3) is 0 Å². The van der Waals surface area contributed by atoms with Gasteiger partial charge in [0.2, 0.25) is 23.6 Å². The van der Waals surface area contributed by atoms with Crippen LogP contribution in [0.4, 0.5) is 0 Å². The van der Waals surface area contributed by atoms with Crippen LogP contribution in [0.1, 0.15) is 33.6 Å². The van der Waals surface area contributed by atoms with Crippen molar-refractivity contribution in [1.82, 2.24) is 16.0 Å². The summed E-state index contributed by atoms with van der Waals surface area (Å²) in [7, 11) is 0. The van der Waals surface area contributed by atoms with Crippen LogP contribution < -0.4 is 27.4 Å². The Labute approximate surface area is 179 Å². The summed E-state index contributed by atoms with van der Waals surface area (Å²) >= 11 is 3.99. The summed E-state index contributed by atoms with van der Waals surface area (Å²) in [5.74, 6) is -4.95. The van der Waals surface area contributed by atoms with Gasteiger partial charge in [0, 0.05) is 5.75 Å². The van der Waals surface area contributed by atoms with Gasteiger partial charge in [-0.15, -0.1) is 0 Å². The minimum atomic E-state index is -1.46. The van der Waals surface area contributed by atoms with Crippen LogP contribution in [0.3, 0.4) is 0 Å². The lowest BCUT2D eigenvalue weighted by atomic mass is 10.0. The van der Waals surface area contributed by atoms with Gasteiger partial charge in [-0.3, -0.25) is 19.2 Å². The molecule has 0 bridgehead atoms. The highest BCUT2D eigenvalue weighted by atomic mass is 32.1. The van der Waals surface area contributed by atoms with E-state index in [0.29, 0.717) is 0 Å². The second kappa shape index (κ2) is 13.0. The Morgan fingerprint density at radius 2 is 1.37 bits per heavy atom. The van der Waals surface area contributed by atoms with E-state index in [4.69, 9.17) is 11.5 Å². The predicted octanol–water partition coefficient (Wildman–Crippen LogP) is -2.92. The molecule has 0 spiro atoms. The van der Waals surface area contributed by atoms with E-state index in [1.54, 1.807) is 13.8 Å². The zero-order valence-corrected chi connectivity index (χ0v) is 18.0. The molecule has 12 nitrogen and oxygen atoms in total. The number of hydrogen-bond donors (Lipinski definition) is 8. The number of aliphatic hydroxyl groups excluding tert-OH is 1. The Hall–Kier alpha value is -2.38. The van der Waals surface area contributed by atoms with Crippen molar-refractivity contribution in [2.45, 2.75) is 63.9 Å². The van der Waals surface area contributed by atoms with Gasteiger partial charge in [-0.05, 0) is 19.3 Å². The number of hydrogen-bond acceptors (Lipinski definition) is 8. The number of nitrogens with two attached hydrogens (primary N) is 2. The second-order valence-electron chi connectivity index (χ2n) is 7.27. The van der Waals surface area contributed by atoms with Crippen molar-refractivity contribution in [2.75, 3.05) is 5.75 Å².